The second-order valence-corrected chi connectivity index (χ2v) is 19.3. The molecular formula is C55H106N2O7. The highest BCUT2D eigenvalue weighted by molar-refractivity contribution is 5.73. The molecule has 0 spiro atoms. The summed E-state index contributed by atoms with van der Waals surface area (Å²) in [7, 11) is 0. The van der Waals surface area contributed by atoms with Gasteiger partial charge in [-0.3, -0.25) is 14.4 Å². The van der Waals surface area contributed by atoms with E-state index >= 15 is 0 Å². The van der Waals surface area contributed by atoms with E-state index in [0.717, 1.165) is 109 Å². The number of urea groups is 1. The van der Waals surface area contributed by atoms with Crippen LogP contribution in [0.5, 0.6) is 0 Å². The van der Waals surface area contributed by atoms with Crippen molar-refractivity contribution in [2.24, 2.45) is 5.92 Å². The largest absolute Gasteiger partial charge is 0.465 e. The van der Waals surface area contributed by atoms with Gasteiger partial charge in [0.05, 0.1) is 6.61 Å². The Morgan fingerprint density at radius 3 is 1.06 bits per heavy atom. The Morgan fingerprint density at radius 1 is 0.375 bits per heavy atom. The SMILES string of the molecule is CCCCCCCCC(CCCCCCCC)OC(=O)CCCCCCCNC(=O)NCC(C)COC(=O)CCCCCCC(=O)OC(CCCCCCCC)CCCCCCCC. The average molecular weight is 907 g/mol. The normalized spacial score (nSPS) is 11.9. The topological polar surface area (TPSA) is 120 Å². The number of rotatable bonds is 49. The number of hydrogen-bond acceptors (Lipinski definition) is 7. The van der Waals surface area contributed by atoms with Crippen LogP contribution < -0.4 is 10.6 Å². The summed E-state index contributed by atoms with van der Waals surface area (Å²) in [6.45, 7) is 12.3. The molecule has 0 saturated heterocycles. The van der Waals surface area contributed by atoms with Crippen molar-refractivity contribution in [2.75, 3.05) is 19.7 Å². The summed E-state index contributed by atoms with van der Waals surface area (Å²) >= 11 is 0. The van der Waals surface area contributed by atoms with E-state index in [0.29, 0.717) is 32.4 Å². The molecule has 9 nitrogen and oxygen atoms in total. The summed E-state index contributed by atoms with van der Waals surface area (Å²) in [4.78, 5) is 50.0. The van der Waals surface area contributed by atoms with Crippen LogP contribution in [-0.2, 0) is 28.6 Å². The summed E-state index contributed by atoms with van der Waals surface area (Å²) in [5, 5.41) is 5.81. The molecular weight excluding hydrogens is 801 g/mol. The minimum Gasteiger partial charge on any atom is -0.465 e. The zero-order valence-corrected chi connectivity index (χ0v) is 43.0. The molecule has 0 aromatic heterocycles. The van der Waals surface area contributed by atoms with Crippen LogP contribution in [0, 0.1) is 5.92 Å². The third-order valence-corrected chi connectivity index (χ3v) is 12.6. The quantitative estimate of drug-likeness (QED) is 0.0354. The van der Waals surface area contributed by atoms with E-state index in [-0.39, 0.29) is 48.7 Å². The Labute approximate surface area is 396 Å². The lowest BCUT2D eigenvalue weighted by Gasteiger charge is -2.18. The molecule has 0 radical (unpaired) electrons. The van der Waals surface area contributed by atoms with Gasteiger partial charge >= 0.3 is 23.9 Å². The van der Waals surface area contributed by atoms with E-state index in [1.165, 1.54) is 128 Å². The van der Waals surface area contributed by atoms with E-state index in [4.69, 9.17) is 14.2 Å². The number of esters is 3. The minimum absolute atomic E-state index is 0.0136. The first kappa shape index (κ1) is 61.7. The van der Waals surface area contributed by atoms with E-state index in [9.17, 15) is 19.2 Å². The van der Waals surface area contributed by atoms with Gasteiger partial charge in [0.2, 0.25) is 0 Å². The van der Waals surface area contributed by atoms with Crippen molar-refractivity contribution < 1.29 is 33.4 Å². The maximum Gasteiger partial charge on any atom is 0.314 e. The molecule has 0 aromatic carbocycles. The maximum absolute atomic E-state index is 12.7. The standard InChI is InChI=1S/C55H106N2O7/c1-6-10-14-18-23-31-39-50(40-32-24-19-15-11-7-2)63-53(59)44-36-27-22-30-38-46-56-55(61)57-47-49(5)48-62-52(58)43-35-28-29-37-45-54(60)64-51(41-33-25-20-16-12-8-3)42-34-26-21-17-13-9-4/h49-51H,6-48H2,1-5H3,(H2,56,57,61). The minimum atomic E-state index is -0.212. The molecule has 0 aliphatic heterocycles. The summed E-state index contributed by atoms with van der Waals surface area (Å²) in [6, 6.07) is -0.201. The molecule has 2 N–H and O–H groups in total. The Bertz CT molecular complexity index is 1020. The van der Waals surface area contributed by atoms with Gasteiger partial charge < -0.3 is 24.8 Å². The molecule has 64 heavy (non-hydrogen) atoms. The second-order valence-electron chi connectivity index (χ2n) is 19.3. The van der Waals surface area contributed by atoms with E-state index in [2.05, 4.69) is 38.3 Å². The maximum atomic E-state index is 12.7. The van der Waals surface area contributed by atoms with Crippen LogP contribution in [0.25, 0.3) is 0 Å². The molecule has 0 aromatic rings. The summed E-state index contributed by atoms with van der Waals surface area (Å²) in [5.74, 6) is -0.303. The molecule has 1 unspecified atom stereocenters. The predicted octanol–water partition coefficient (Wildman–Crippen LogP) is 16.0. The first-order chi connectivity index (χ1) is 31.2. The first-order valence-electron chi connectivity index (χ1n) is 27.8. The lowest BCUT2D eigenvalue weighted by molar-refractivity contribution is -0.151. The van der Waals surface area contributed by atoms with Gasteiger partial charge in [-0.2, -0.15) is 0 Å². The second kappa shape index (κ2) is 48.6. The smallest absolute Gasteiger partial charge is 0.314 e. The van der Waals surface area contributed by atoms with Gasteiger partial charge in [0, 0.05) is 38.3 Å². The van der Waals surface area contributed by atoms with E-state index in [1.807, 2.05) is 6.92 Å². The number of amides is 2. The van der Waals surface area contributed by atoms with Crippen molar-refractivity contribution in [2.45, 2.75) is 304 Å². The Kier molecular flexibility index (Phi) is 46.8. The van der Waals surface area contributed by atoms with Gasteiger partial charge in [-0.05, 0) is 77.0 Å². The van der Waals surface area contributed by atoms with Crippen molar-refractivity contribution in [3.63, 3.8) is 0 Å². The summed E-state index contributed by atoms with van der Waals surface area (Å²) < 4.78 is 17.4. The molecule has 378 valence electrons. The predicted molar refractivity (Wildman–Crippen MR) is 269 cm³/mol. The molecule has 9 heteroatoms. The first-order valence-corrected chi connectivity index (χ1v) is 27.8. The number of hydrogen-bond donors (Lipinski definition) is 2. The highest BCUT2D eigenvalue weighted by Gasteiger charge is 2.16. The van der Waals surface area contributed by atoms with Crippen LogP contribution in [0.3, 0.4) is 0 Å². The molecule has 0 aliphatic carbocycles. The van der Waals surface area contributed by atoms with Crippen molar-refractivity contribution in [1.29, 1.82) is 0 Å². The monoisotopic (exact) mass is 907 g/mol. The zero-order valence-electron chi connectivity index (χ0n) is 43.0. The number of carbonyl (C=O) groups is 4. The molecule has 0 heterocycles. The molecule has 0 saturated carbocycles. The zero-order chi connectivity index (χ0) is 47.0. The number of unbranched alkanes of at least 4 members (excludes halogenated alkanes) is 27. The molecule has 2 amide bonds. The molecule has 0 bridgehead atoms. The number of carbonyl (C=O) groups excluding carboxylic acids is 4. The fraction of sp³-hybridized carbons (Fsp3) is 0.927. The average Bonchev–Trinajstić information content (AvgIpc) is 3.28. The fourth-order valence-corrected chi connectivity index (χ4v) is 8.34. The van der Waals surface area contributed by atoms with Gasteiger partial charge in [0.1, 0.15) is 12.2 Å². The van der Waals surface area contributed by atoms with Crippen molar-refractivity contribution in [3.8, 4) is 0 Å². The highest BCUT2D eigenvalue weighted by atomic mass is 16.5. The van der Waals surface area contributed by atoms with Gasteiger partial charge in [0.15, 0.2) is 0 Å². The van der Waals surface area contributed by atoms with Crippen LogP contribution in [0.1, 0.15) is 291 Å². The highest BCUT2D eigenvalue weighted by Crippen LogP contribution is 2.20. The fourth-order valence-electron chi connectivity index (χ4n) is 8.34. The van der Waals surface area contributed by atoms with Crippen LogP contribution in [0.4, 0.5) is 4.79 Å². The van der Waals surface area contributed by atoms with Gasteiger partial charge in [-0.15, -0.1) is 0 Å². The third kappa shape index (κ3) is 44.9. The van der Waals surface area contributed by atoms with Crippen LogP contribution in [0.2, 0.25) is 0 Å². The Hall–Kier alpha value is -2.32. The van der Waals surface area contributed by atoms with E-state index in [1.54, 1.807) is 0 Å². The van der Waals surface area contributed by atoms with Gasteiger partial charge in [-0.1, -0.05) is 195 Å². The molecule has 0 rings (SSSR count). The Balaban J connectivity index is 4.04. The molecule has 1 atom stereocenters. The third-order valence-electron chi connectivity index (χ3n) is 12.6. The molecule has 0 aliphatic rings. The lowest BCUT2D eigenvalue weighted by atomic mass is 10.0. The van der Waals surface area contributed by atoms with Gasteiger partial charge in [-0.25, -0.2) is 4.79 Å². The number of ether oxygens (including phenoxy) is 3. The molecule has 0 fully saturated rings. The summed E-state index contributed by atoms with van der Waals surface area (Å²) in [5.41, 5.74) is 0. The van der Waals surface area contributed by atoms with Crippen molar-refractivity contribution in [3.05, 3.63) is 0 Å². The van der Waals surface area contributed by atoms with Crippen LogP contribution in [0.15, 0.2) is 0 Å². The van der Waals surface area contributed by atoms with E-state index < -0.39 is 0 Å². The van der Waals surface area contributed by atoms with Crippen LogP contribution in [-0.4, -0.2) is 55.8 Å². The van der Waals surface area contributed by atoms with Gasteiger partial charge in [0.25, 0.3) is 0 Å². The van der Waals surface area contributed by atoms with Crippen molar-refractivity contribution >= 4 is 23.9 Å². The summed E-state index contributed by atoms with van der Waals surface area (Å²) in [6.07, 6.45) is 43.7. The lowest BCUT2D eigenvalue weighted by Crippen LogP contribution is -2.39. The van der Waals surface area contributed by atoms with Crippen molar-refractivity contribution in [1.82, 2.24) is 10.6 Å². The van der Waals surface area contributed by atoms with Crippen LogP contribution >= 0.6 is 0 Å². The number of nitrogens with one attached hydrogen (secondary N) is 2. The Morgan fingerprint density at radius 2 is 0.688 bits per heavy atom.